The molecular weight excluding hydrogens is 382 g/mol. The lowest BCUT2D eigenvalue weighted by molar-refractivity contribution is 0.102. The number of nitrogens with zero attached hydrogens (tertiary/aromatic N) is 3. The van der Waals surface area contributed by atoms with Crippen LogP contribution in [0, 0.1) is 6.92 Å². The van der Waals surface area contributed by atoms with Crippen LogP contribution in [0.25, 0.3) is 0 Å². The number of hydrogen-bond donors (Lipinski definition) is 2. The van der Waals surface area contributed by atoms with Crippen molar-refractivity contribution in [2.45, 2.75) is 13.5 Å². The van der Waals surface area contributed by atoms with Gasteiger partial charge in [-0.25, -0.2) is 0 Å². The fraction of sp³-hybridized carbons (Fsp3) is 0.111. The van der Waals surface area contributed by atoms with Crippen molar-refractivity contribution in [2.24, 2.45) is 0 Å². The molecule has 0 aliphatic rings. The number of halogens is 1. The number of amides is 1. The molecule has 6 nitrogen and oxygen atoms in total. The second kappa shape index (κ2) is 7.85. The predicted octanol–water partition coefficient (Wildman–Crippen LogP) is 3.81. The molecule has 7 heteroatoms. The second-order valence-electron chi connectivity index (χ2n) is 5.43. The smallest absolute Gasteiger partial charge is 0.276 e. The molecule has 126 valence electrons. The minimum absolute atomic E-state index is 0.259. The third-order valence-electron chi connectivity index (χ3n) is 3.53. The van der Waals surface area contributed by atoms with Crippen molar-refractivity contribution in [1.29, 1.82) is 0 Å². The van der Waals surface area contributed by atoms with Gasteiger partial charge in [-0.05, 0) is 54.4 Å². The molecule has 0 saturated carbocycles. The van der Waals surface area contributed by atoms with Crippen LogP contribution in [0.5, 0.6) is 0 Å². The van der Waals surface area contributed by atoms with Gasteiger partial charge >= 0.3 is 0 Å². The molecule has 0 aliphatic heterocycles. The molecule has 25 heavy (non-hydrogen) atoms. The van der Waals surface area contributed by atoms with Crippen molar-refractivity contribution in [3.8, 4) is 0 Å². The zero-order valence-corrected chi connectivity index (χ0v) is 15.1. The van der Waals surface area contributed by atoms with Crippen molar-refractivity contribution in [3.63, 3.8) is 0 Å². The van der Waals surface area contributed by atoms with Gasteiger partial charge in [0.05, 0.1) is 0 Å². The average molecular weight is 398 g/mol. The summed E-state index contributed by atoms with van der Waals surface area (Å²) in [5, 5.41) is 14.0. The highest BCUT2D eigenvalue weighted by atomic mass is 79.9. The standard InChI is InChI=1S/C18H16BrN5O/c1-12-9-14(19)4-5-15(12)22-18(25)16-6-7-17(24-23-16)21-11-13-3-2-8-20-10-13/h2-10H,11H2,1H3,(H,21,24)(H,22,25). The van der Waals surface area contributed by atoms with Gasteiger partial charge in [0.15, 0.2) is 5.69 Å². The van der Waals surface area contributed by atoms with Crippen LogP contribution in [0.3, 0.4) is 0 Å². The maximum absolute atomic E-state index is 12.3. The SMILES string of the molecule is Cc1cc(Br)ccc1NC(=O)c1ccc(NCc2cccnc2)nn1. The second-order valence-corrected chi connectivity index (χ2v) is 6.35. The summed E-state index contributed by atoms with van der Waals surface area (Å²) >= 11 is 3.40. The summed E-state index contributed by atoms with van der Waals surface area (Å²) in [6.45, 7) is 2.52. The third-order valence-corrected chi connectivity index (χ3v) is 4.02. The van der Waals surface area contributed by atoms with Crippen LogP contribution in [0.15, 0.2) is 59.3 Å². The van der Waals surface area contributed by atoms with E-state index in [2.05, 4.69) is 41.7 Å². The number of anilines is 2. The first-order valence-corrected chi connectivity index (χ1v) is 8.45. The highest BCUT2D eigenvalue weighted by molar-refractivity contribution is 9.10. The summed E-state index contributed by atoms with van der Waals surface area (Å²) in [6, 6.07) is 12.9. The Morgan fingerprint density at radius 3 is 2.72 bits per heavy atom. The minimum Gasteiger partial charge on any atom is -0.364 e. The van der Waals surface area contributed by atoms with E-state index < -0.39 is 0 Å². The number of aryl methyl sites for hydroxylation is 1. The fourth-order valence-corrected chi connectivity index (χ4v) is 2.67. The highest BCUT2D eigenvalue weighted by Gasteiger charge is 2.10. The van der Waals surface area contributed by atoms with Crippen molar-refractivity contribution in [3.05, 3.63) is 76.2 Å². The van der Waals surface area contributed by atoms with E-state index in [0.717, 1.165) is 21.3 Å². The number of benzene rings is 1. The first kappa shape index (κ1) is 17.0. The summed E-state index contributed by atoms with van der Waals surface area (Å²) in [5.41, 5.74) is 3.00. The Kier molecular flexibility index (Phi) is 5.35. The lowest BCUT2D eigenvalue weighted by Crippen LogP contribution is -2.15. The van der Waals surface area contributed by atoms with Crippen LogP contribution in [-0.4, -0.2) is 21.1 Å². The van der Waals surface area contributed by atoms with E-state index in [1.165, 1.54) is 0 Å². The Hall–Kier alpha value is -2.80. The number of hydrogen-bond acceptors (Lipinski definition) is 5. The molecule has 2 heterocycles. The molecule has 0 bridgehead atoms. The molecule has 0 fully saturated rings. The summed E-state index contributed by atoms with van der Waals surface area (Å²) in [4.78, 5) is 16.3. The molecule has 2 aromatic heterocycles. The summed E-state index contributed by atoms with van der Waals surface area (Å²) in [7, 11) is 0. The van der Waals surface area contributed by atoms with Crippen molar-refractivity contribution < 1.29 is 4.79 Å². The van der Waals surface area contributed by atoms with Gasteiger partial charge in [0.1, 0.15) is 5.82 Å². The molecule has 0 radical (unpaired) electrons. The van der Waals surface area contributed by atoms with E-state index in [1.54, 1.807) is 24.5 Å². The fourth-order valence-electron chi connectivity index (χ4n) is 2.20. The van der Waals surface area contributed by atoms with Crippen molar-refractivity contribution in [2.75, 3.05) is 10.6 Å². The quantitative estimate of drug-likeness (QED) is 0.684. The topological polar surface area (TPSA) is 79.8 Å². The van der Waals surface area contributed by atoms with E-state index >= 15 is 0 Å². The molecule has 0 atom stereocenters. The van der Waals surface area contributed by atoms with E-state index in [-0.39, 0.29) is 11.6 Å². The molecule has 3 aromatic rings. The van der Waals surface area contributed by atoms with Gasteiger partial charge in [-0.2, -0.15) is 0 Å². The van der Waals surface area contributed by atoms with Crippen LogP contribution < -0.4 is 10.6 Å². The Balaban J connectivity index is 1.62. The number of nitrogens with one attached hydrogen (secondary N) is 2. The molecule has 0 saturated heterocycles. The maximum atomic E-state index is 12.3. The van der Waals surface area contributed by atoms with E-state index in [1.807, 2.05) is 37.3 Å². The number of carbonyl (C=O) groups excluding carboxylic acids is 1. The lowest BCUT2D eigenvalue weighted by atomic mass is 10.2. The van der Waals surface area contributed by atoms with E-state index in [9.17, 15) is 4.79 Å². The van der Waals surface area contributed by atoms with Crippen LogP contribution in [0.2, 0.25) is 0 Å². The normalized spacial score (nSPS) is 10.3. The number of aromatic nitrogens is 3. The number of pyridine rings is 1. The van der Waals surface area contributed by atoms with Gasteiger partial charge < -0.3 is 10.6 Å². The zero-order valence-electron chi connectivity index (χ0n) is 13.5. The first-order chi connectivity index (χ1) is 12.1. The number of rotatable bonds is 5. The van der Waals surface area contributed by atoms with Crippen LogP contribution >= 0.6 is 15.9 Å². The van der Waals surface area contributed by atoms with E-state index in [4.69, 9.17) is 0 Å². The molecule has 1 aromatic carbocycles. The molecule has 0 spiro atoms. The average Bonchev–Trinajstić information content (AvgIpc) is 2.63. The summed E-state index contributed by atoms with van der Waals surface area (Å²) in [6.07, 6.45) is 3.51. The lowest BCUT2D eigenvalue weighted by Gasteiger charge is -2.09. The van der Waals surface area contributed by atoms with Gasteiger partial charge in [-0.15, -0.1) is 10.2 Å². The predicted molar refractivity (Wildman–Crippen MR) is 100 cm³/mol. The molecule has 0 aliphatic carbocycles. The van der Waals surface area contributed by atoms with Crippen LogP contribution in [0.1, 0.15) is 21.6 Å². The molecule has 1 amide bonds. The van der Waals surface area contributed by atoms with Gasteiger partial charge in [0.2, 0.25) is 0 Å². The van der Waals surface area contributed by atoms with Gasteiger partial charge in [0.25, 0.3) is 5.91 Å². The van der Waals surface area contributed by atoms with Crippen LogP contribution in [-0.2, 0) is 6.54 Å². The Morgan fingerprint density at radius 1 is 1.16 bits per heavy atom. The highest BCUT2D eigenvalue weighted by Crippen LogP contribution is 2.20. The van der Waals surface area contributed by atoms with Crippen molar-refractivity contribution >= 4 is 33.3 Å². The van der Waals surface area contributed by atoms with Gasteiger partial charge in [-0.3, -0.25) is 9.78 Å². The molecule has 0 unspecified atom stereocenters. The first-order valence-electron chi connectivity index (χ1n) is 7.66. The third kappa shape index (κ3) is 4.60. The maximum Gasteiger partial charge on any atom is 0.276 e. The van der Waals surface area contributed by atoms with Gasteiger partial charge in [0, 0.05) is 29.1 Å². The Morgan fingerprint density at radius 2 is 2.04 bits per heavy atom. The molecular formula is C18H16BrN5O. The monoisotopic (exact) mass is 397 g/mol. The number of carbonyl (C=O) groups is 1. The molecule has 3 rings (SSSR count). The largest absolute Gasteiger partial charge is 0.364 e. The zero-order chi connectivity index (χ0) is 17.6. The minimum atomic E-state index is -0.295. The van der Waals surface area contributed by atoms with Gasteiger partial charge in [-0.1, -0.05) is 22.0 Å². The van der Waals surface area contributed by atoms with Crippen LogP contribution in [0.4, 0.5) is 11.5 Å². The Bertz CT molecular complexity index is 868. The molecule has 2 N–H and O–H groups in total. The summed E-state index contributed by atoms with van der Waals surface area (Å²) in [5.74, 6) is 0.303. The Labute approximate surface area is 153 Å². The van der Waals surface area contributed by atoms with Crippen molar-refractivity contribution in [1.82, 2.24) is 15.2 Å². The van der Waals surface area contributed by atoms with E-state index in [0.29, 0.717) is 12.4 Å². The summed E-state index contributed by atoms with van der Waals surface area (Å²) < 4.78 is 0.965.